The predicted octanol–water partition coefficient (Wildman–Crippen LogP) is 4.82. The third-order valence-corrected chi connectivity index (χ3v) is 10.0. The second-order valence-electron chi connectivity index (χ2n) is 10.9. The second-order valence-corrected chi connectivity index (χ2v) is 13.4. The Kier molecular flexibility index (Phi) is 10.4. The van der Waals surface area contributed by atoms with Crippen molar-refractivity contribution in [2.45, 2.75) is 48.9 Å². The van der Waals surface area contributed by atoms with Crippen LogP contribution in [-0.2, 0) is 19.4 Å². The Bertz CT molecular complexity index is 1750. The summed E-state index contributed by atoms with van der Waals surface area (Å²) in [6, 6.07) is 10.8. The standard InChI is InChI=1S/C32H37FN4O8S/c1-18(2)46(41,42)28-13-10-21(35-32(40)45-5)17-22(28)25-7-6-14-37(25)31(39)29(19-9-12-26(43-3)27(16-19)44-4)36-24-15-20(30(34)38)8-11-23(24)33/h8-13,15-18,25,29,36H,6-7,14H2,1-5H3,(H2,34,38)(H,35,40)/t25-,29+/m1/s1. The molecule has 3 aromatic carbocycles. The number of nitrogens with zero attached hydrogens (tertiary/aromatic N) is 1. The highest BCUT2D eigenvalue weighted by Crippen LogP contribution is 2.41. The zero-order valence-electron chi connectivity index (χ0n) is 26.1. The Balaban J connectivity index is 1.85. The molecule has 3 aromatic rings. The van der Waals surface area contributed by atoms with E-state index in [2.05, 4.69) is 10.6 Å². The molecule has 0 saturated carbocycles. The number of primary amides is 1. The van der Waals surface area contributed by atoms with E-state index in [4.69, 9.17) is 19.9 Å². The van der Waals surface area contributed by atoms with E-state index in [9.17, 15) is 22.8 Å². The highest BCUT2D eigenvalue weighted by atomic mass is 32.2. The first-order chi connectivity index (χ1) is 21.8. The number of ether oxygens (including phenoxy) is 3. The van der Waals surface area contributed by atoms with E-state index in [0.717, 1.165) is 6.07 Å². The summed E-state index contributed by atoms with van der Waals surface area (Å²) in [6.45, 7) is 3.38. The maximum atomic E-state index is 15.1. The first-order valence-corrected chi connectivity index (χ1v) is 16.0. The molecule has 1 aliphatic heterocycles. The highest BCUT2D eigenvalue weighted by Gasteiger charge is 2.38. The number of benzene rings is 3. The van der Waals surface area contributed by atoms with Crippen molar-refractivity contribution in [1.29, 1.82) is 0 Å². The van der Waals surface area contributed by atoms with Crippen LogP contribution in [0.25, 0.3) is 0 Å². The minimum absolute atomic E-state index is 0.0263. The SMILES string of the molecule is COC(=O)Nc1ccc(S(=O)(=O)C(C)C)c([C@H]2CCCN2C(=O)[C@@H](Nc2cc(C(N)=O)ccc2F)c2ccc(OC)c(OC)c2)c1. The van der Waals surface area contributed by atoms with Gasteiger partial charge >= 0.3 is 6.09 Å². The summed E-state index contributed by atoms with van der Waals surface area (Å²) in [5.74, 6) is -1.30. The molecule has 246 valence electrons. The van der Waals surface area contributed by atoms with Crippen molar-refractivity contribution in [3.8, 4) is 11.5 Å². The molecular weight excluding hydrogens is 619 g/mol. The van der Waals surface area contributed by atoms with Gasteiger partial charge in [0, 0.05) is 17.8 Å². The van der Waals surface area contributed by atoms with Crippen molar-refractivity contribution in [3.63, 3.8) is 0 Å². The van der Waals surface area contributed by atoms with Crippen molar-refractivity contribution < 1.29 is 41.4 Å². The molecule has 2 atom stereocenters. The fourth-order valence-corrected chi connectivity index (χ4v) is 6.64. The van der Waals surface area contributed by atoms with Crippen molar-refractivity contribution in [2.75, 3.05) is 38.5 Å². The molecule has 1 saturated heterocycles. The zero-order valence-corrected chi connectivity index (χ0v) is 26.9. The van der Waals surface area contributed by atoms with Crippen LogP contribution in [0.2, 0.25) is 0 Å². The van der Waals surface area contributed by atoms with E-state index < -0.39 is 50.9 Å². The van der Waals surface area contributed by atoms with Crippen LogP contribution < -0.4 is 25.8 Å². The number of nitrogens with two attached hydrogens (primary N) is 1. The molecule has 0 aliphatic carbocycles. The van der Waals surface area contributed by atoms with E-state index in [0.29, 0.717) is 35.5 Å². The predicted molar refractivity (Wildman–Crippen MR) is 169 cm³/mol. The van der Waals surface area contributed by atoms with Crippen molar-refractivity contribution in [2.24, 2.45) is 5.73 Å². The molecule has 46 heavy (non-hydrogen) atoms. The lowest BCUT2D eigenvalue weighted by Crippen LogP contribution is -2.38. The molecule has 1 fully saturated rings. The van der Waals surface area contributed by atoms with Gasteiger partial charge in [-0.05, 0) is 86.3 Å². The lowest BCUT2D eigenvalue weighted by molar-refractivity contribution is -0.133. The Morgan fingerprint density at radius 1 is 0.978 bits per heavy atom. The van der Waals surface area contributed by atoms with Crippen LogP contribution in [0.1, 0.15) is 60.3 Å². The zero-order chi connectivity index (χ0) is 33.8. The van der Waals surface area contributed by atoms with E-state index in [1.54, 1.807) is 32.0 Å². The second kappa shape index (κ2) is 14.1. The minimum Gasteiger partial charge on any atom is -0.493 e. The molecule has 0 spiro atoms. The molecule has 0 radical (unpaired) electrons. The molecule has 0 aromatic heterocycles. The molecule has 0 unspecified atom stereocenters. The molecular formula is C32H37FN4O8S. The largest absolute Gasteiger partial charge is 0.493 e. The molecule has 12 nitrogen and oxygen atoms in total. The van der Waals surface area contributed by atoms with E-state index in [1.165, 1.54) is 56.6 Å². The van der Waals surface area contributed by atoms with Crippen molar-refractivity contribution in [1.82, 2.24) is 4.90 Å². The van der Waals surface area contributed by atoms with Gasteiger partial charge in [-0.1, -0.05) is 6.07 Å². The van der Waals surface area contributed by atoms with Crippen LogP contribution in [-0.4, -0.2) is 64.3 Å². The third kappa shape index (κ3) is 7.01. The van der Waals surface area contributed by atoms with Crippen LogP contribution in [0.4, 0.5) is 20.6 Å². The molecule has 14 heteroatoms. The van der Waals surface area contributed by atoms with Crippen LogP contribution in [0, 0.1) is 5.82 Å². The van der Waals surface area contributed by atoms with E-state index >= 15 is 4.39 Å². The summed E-state index contributed by atoms with van der Waals surface area (Å²) in [5, 5.41) is 4.73. The fourth-order valence-electron chi connectivity index (χ4n) is 5.35. The molecule has 1 heterocycles. The Hall–Kier alpha value is -4.85. The van der Waals surface area contributed by atoms with Gasteiger partial charge < -0.3 is 30.2 Å². The number of amides is 3. The fraction of sp³-hybridized carbons (Fsp3) is 0.344. The first-order valence-electron chi connectivity index (χ1n) is 14.4. The number of likely N-dealkylation sites (tertiary alicyclic amines) is 1. The highest BCUT2D eigenvalue weighted by molar-refractivity contribution is 7.92. The van der Waals surface area contributed by atoms with Gasteiger partial charge in [-0.15, -0.1) is 0 Å². The smallest absolute Gasteiger partial charge is 0.411 e. The summed E-state index contributed by atoms with van der Waals surface area (Å²) in [6.07, 6.45) is 0.205. The van der Waals surface area contributed by atoms with Gasteiger partial charge in [0.15, 0.2) is 21.3 Å². The minimum atomic E-state index is -3.82. The van der Waals surface area contributed by atoms with Gasteiger partial charge in [0.05, 0.1) is 43.2 Å². The van der Waals surface area contributed by atoms with Crippen molar-refractivity contribution in [3.05, 3.63) is 77.1 Å². The number of carbonyl (C=O) groups is 3. The van der Waals surface area contributed by atoms with Gasteiger partial charge in [-0.2, -0.15) is 0 Å². The quantitative estimate of drug-likeness (QED) is 0.262. The van der Waals surface area contributed by atoms with Crippen LogP contribution in [0.5, 0.6) is 11.5 Å². The van der Waals surface area contributed by atoms with Crippen LogP contribution in [0.3, 0.4) is 0 Å². The van der Waals surface area contributed by atoms with Crippen molar-refractivity contribution >= 4 is 39.1 Å². The Morgan fingerprint density at radius 2 is 1.70 bits per heavy atom. The maximum absolute atomic E-state index is 15.1. The van der Waals surface area contributed by atoms with Gasteiger partial charge in [-0.3, -0.25) is 14.9 Å². The average Bonchev–Trinajstić information content (AvgIpc) is 3.53. The molecule has 4 rings (SSSR count). The monoisotopic (exact) mass is 656 g/mol. The number of rotatable bonds is 11. The number of methoxy groups -OCH3 is 3. The van der Waals surface area contributed by atoms with Gasteiger partial charge in [0.2, 0.25) is 11.8 Å². The molecule has 4 N–H and O–H groups in total. The summed E-state index contributed by atoms with van der Waals surface area (Å²) >= 11 is 0. The normalized spacial score (nSPS) is 15.3. The summed E-state index contributed by atoms with van der Waals surface area (Å²) in [7, 11) is 0.278. The van der Waals surface area contributed by atoms with E-state index in [1.807, 2.05) is 0 Å². The number of nitrogens with one attached hydrogen (secondary N) is 2. The number of hydrogen-bond donors (Lipinski definition) is 3. The van der Waals surface area contributed by atoms with Gasteiger partial charge in [-0.25, -0.2) is 17.6 Å². The molecule has 0 bridgehead atoms. The molecule has 1 aliphatic rings. The number of anilines is 2. The number of halogens is 1. The molecule has 3 amide bonds. The third-order valence-electron chi connectivity index (χ3n) is 7.80. The van der Waals surface area contributed by atoms with Crippen LogP contribution in [0.15, 0.2) is 59.5 Å². The maximum Gasteiger partial charge on any atom is 0.411 e. The van der Waals surface area contributed by atoms with Gasteiger partial charge in [0.1, 0.15) is 11.9 Å². The topological polar surface area (TPSA) is 166 Å². The summed E-state index contributed by atoms with van der Waals surface area (Å²) in [4.78, 5) is 40.0. The average molecular weight is 657 g/mol. The Labute approximate surface area is 266 Å². The number of sulfone groups is 1. The number of hydrogen-bond acceptors (Lipinski definition) is 9. The first kappa shape index (κ1) is 34.0. The van der Waals surface area contributed by atoms with Crippen LogP contribution >= 0.6 is 0 Å². The lowest BCUT2D eigenvalue weighted by Gasteiger charge is -2.32. The van der Waals surface area contributed by atoms with Gasteiger partial charge in [0.25, 0.3) is 0 Å². The van der Waals surface area contributed by atoms with E-state index in [-0.39, 0.29) is 28.4 Å². The summed E-state index contributed by atoms with van der Waals surface area (Å²) in [5.41, 5.74) is 6.30. The number of carbonyl (C=O) groups excluding carboxylic acids is 3. The summed E-state index contributed by atoms with van der Waals surface area (Å²) < 4.78 is 57.6. The lowest BCUT2D eigenvalue weighted by atomic mass is 10.00. The Morgan fingerprint density at radius 3 is 2.33 bits per heavy atom.